The number of anilines is 1. The Hall–Kier alpha value is -2.89. The van der Waals surface area contributed by atoms with Crippen LogP contribution in [0, 0.1) is 13.8 Å². The number of hydrogen-bond acceptors (Lipinski definition) is 7. The third-order valence-electron chi connectivity index (χ3n) is 5.02. The van der Waals surface area contributed by atoms with Crippen molar-refractivity contribution in [3.63, 3.8) is 0 Å². The van der Waals surface area contributed by atoms with Crippen molar-refractivity contribution in [3.05, 3.63) is 57.3 Å². The SMILES string of the molecule is CCc1nnc2sc(-c3ccc(C)c(NC(=S)NC(=O)c4cc(Br)cc(C)c4OC)c3)nn12. The van der Waals surface area contributed by atoms with Gasteiger partial charge in [0.05, 0.1) is 12.7 Å². The van der Waals surface area contributed by atoms with E-state index < -0.39 is 0 Å². The number of carbonyl (C=O) groups excluding carboxylic acids is 1. The van der Waals surface area contributed by atoms with E-state index in [-0.39, 0.29) is 11.0 Å². The lowest BCUT2D eigenvalue weighted by Crippen LogP contribution is -2.34. The molecule has 2 heterocycles. The summed E-state index contributed by atoms with van der Waals surface area (Å²) >= 11 is 10.3. The fourth-order valence-electron chi connectivity index (χ4n) is 3.38. The second-order valence-electron chi connectivity index (χ2n) is 7.31. The molecule has 0 aliphatic carbocycles. The quantitative estimate of drug-likeness (QED) is 0.344. The van der Waals surface area contributed by atoms with Crippen LogP contribution in [0.25, 0.3) is 15.5 Å². The highest BCUT2D eigenvalue weighted by Gasteiger charge is 2.18. The minimum atomic E-state index is -0.358. The summed E-state index contributed by atoms with van der Waals surface area (Å²) in [6.07, 6.45) is 0.751. The van der Waals surface area contributed by atoms with Crippen LogP contribution in [0.5, 0.6) is 5.75 Å². The van der Waals surface area contributed by atoms with Crippen molar-refractivity contribution in [1.29, 1.82) is 0 Å². The minimum absolute atomic E-state index is 0.186. The first kappa shape index (κ1) is 23.3. The lowest BCUT2D eigenvalue weighted by Gasteiger charge is -2.15. The fraction of sp³-hybridized carbons (Fsp3) is 0.227. The molecule has 2 aromatic heterocycles. The van der Waals surface area contributed by atoms with Crippen LogP contribution >= 0.6 is 39.5 Å². The number of rotatable bonds is 5. The molecule has 11 heteroatoms. The highest BCUT2D eigenvalue weighted by molar-refractivity contribution is 9.10. The lowest BCUT2D eigenvalue weighted by molar-refractivity contribution is 0.0974. The Kier molecular flexibility index (Phi) is 6.73. The fourth-order valence-corrected chi connectivity index (χ4v) is 5.01. The summed E-state index contributed by atoms with van der Waals surface area (Å²) in [5.74, 6) is 0.967. The van der Waals surface area contributed by atoms with Gasteiger partial charge >= 0.3 is 0 Å². The zero-order chi connectivity index (χ0) is 23.7. The van der Waals surface area contributed by atoms with Crippen LogP contribution in [0.2, 0.25) is 0 Å². The van der Waals surface area contributed by atoms with Gasteiger partial charge in [0.1, 0.15) is 10.8 Å². The molecule has 0 bridgehead atoms. The number of aromatic nitrogens is 4. The van der Waals surface area contributed by atoms with Gasteiger partial charge in [-0.2, -0.15) is 9.61 Å². The number of benzene rings is 2. The van der Waals surface area contributed by atoms with Gasteiger partial charge < -0.3 is 10.1 Å². The molecular formula is C22H21BrN6O2S2. The van der Waals surface area contributed by atoms with E-state index >= 15 is 0 Å². The first-order valence-electron chi connectivity index (χ1n) is 10.1. The number of methoxy groups -OCH3 is 1. The first-order chi connectivity index (χ1) is 15.8. The normalized spacial score (nSPS) is 10.9. The largest absolute Gasteiger partial charge is 0.496 e. The zero-order valence-corrected chi connectivity index (χ0v) is 21.6. The van der Waals surface area contributed by atoms with Crippen LogP contribution in [-0.4, -0.2) is 37.9 Å². The van der Waals surface area contributed by atoms with Crippen molar-refractivity contribution in [1.82, 2.24) is 25.1 Å². The third kappa shape index (κ3) is 4.75. The van der Waals surface area contributed by atoms with Crippen LogP contribution < -0.4 is 15.4 Å². The number of amides is 1. The smallest absolute Gasteiger partial charge is 0.261 e. The number of ether oxygens (including phenoxy) is 1. The number of carbonyl (C=O) groups is 1. The van der Waals surface area contributed by atoms with Gasteiger partial charge in [0, 0.05) is 22.1 Å². The average Bonchev–Trinajstić information content (AvgIpc) is 3.35. The maximum Gasteiger partial charge on any atom is 0.261 e. The number of nitrogens with zero attached hydrogens (tertiary/aromatic N) is 4. The van der Waals surface area contributed by atoms with Crippen LogP contribution in [0.3, 0.4) is 0 Å². The monoisotopic (exact) mass is 544 g/mol. The molecule has 0 atom stereocenters. The molecule has 0 saturated carbocycles. The molecule has 0 aliphatic rings. The highest BCUT2D eigenvalue weighted by Crippen LogP contribution is 2.30. The van der Waals surface area contributed by atoms with E-state index in [4.69, 9.17) is 17.0 Å². The number of hydrogen-bond donors (Lipinski definition) is 2. The molecule has 0 spiro atoms. The molecular weight excluding hydrogens is 524 g/mol. The molecule has 0 aliphatic heterocycles. The molecule has 0 radical (unpaired) electrons. The molecule has 0 unspecified atom stereocenters. The molecule has 0 fully saturated rings. The van der Waals surface area contributed by atoms with Crippen LogP contribution in [0.15, 0.2) is 34.8 Å². The van der Waals surface area contributed by atoms with Crippen molar-refractivity contribution in [2.24, 2.45) is 0 Å². The summed E-state index contributed by atoms with van der Waals surface area (Å²) in [5.41, 5.74) is 3.90. The summed E-state index contributed by atoms with van der Waals surface area (Å²) in [7, 11) is 1.54. The Bertz CT molecular complexity index is 1380. The van der Waals surface area contributed by atoms with E-state index in [1.165, 1.54) is 18.4 Å². The van der Waals surface area contributed by atoms with E-state index in [2.05, 4.69) is 41.9 Å². The van der Waals surface area contributed by atoms with Gasteiger partial charge in [-0.25, -0.2) is 0 Å². The van der Waals surface area contributed by atoms with Gasteiger partial charge in [-0.1, -0.05) is 46.3 Å². The number of halogens is 1. The van der Waals surface area contributed by atoms with Gasteiger partial charge in [0.2, 0.25) is 4.96 Å². The third-order valence-corrected chi connectivity index (χ3v) is 6.63. The summed E-state index contributed by atoms with van der Waals surface area (Å²) in [4.78, 5) is 13.6. The van der Waals surface area contributed by atoms with Gasteiger partial charge in [-0.15, -0.1) is 10.2 Å². The van der Waals surface area contributed by atoms with E-state index in [0.717, 1.165) is 49.1 Å². The second kappa shape index (κ2) is 9.54. The maximum atomic E-state index is 12.9. The lowest BCUT2D eigenvalue weighted by atomic mass is 10.1. The van der Waals surface area contributed by atoms with Crippen molar-refractivity contribution >= 4 is 61.2 Å². The Labute approximate surface area is 208 Å². The summed E-state index contributed by atoms with van der Waals surface area (Å²) in [6.45, 7) is 5.86. The van der Waals surface area contributed by atoms with Gasteiger partial charge in [-0.05, 0) is 55.4 Å². The number of thiocarbonyl (C=S) groups is 1. The summed E-state index contributed by atoms with van der Waals surface area (Å²) in [6, 6.07) is 9.51. The minimum Gasteiger partial charge on any atom is -0.496 e. The molecule has 1 amide bonds. The van der Waals surface area contributed by atoms with Crippen LogP contribution in [-0.2, 0) is 6.42 Å². The maximum absolute atomic E-state index is 12.9. The van der Waals surface area contributed by atoms with E-state index in [1.807, 2.05) is 45.0 Å². The van der Waals surface area contributed by atoms with E-state index in [1.54, 1.807) is 10.6 Å². The van der Waals surface area contributed by atoms with Gasteiger partial charge in [0.25, 0.3) is 5.91 Å². The van der Waals surface area contributed by atoms with Crippen molar-refractivity contribution in [2.75, 3.05) is 12.4 Å². The Morgan fingerprint density at radius 3 is 2.73 bits per heavy atom. The van der Waals surface area contributed by atoms with Crippen molar-refractivity contribution < 1.29 is 9.53 Å². The number of aryl methyl sites for hydroxylation is 3. The molecule has 2 N–H and O–H groups in total. The molecule has 4 aromatic rings. The summed E-state index contributed by atoms with van der Waals surface area (Å²) in [5, 5.41) is 19.8. The van der Waals surface area contributed by atoms with Crippen LogP contribution in [0.1, 0.15) is 34.2 Å². The molecule has 4 rings (SSSR count). The number of fused-ring (bicyclic) bond motifs is 1. The molecule has 8 nitrogen and oxygen atoms in total. The van der Waals surface area contributed by atoms with Crippen molar-refractivity contribution in [3.8, 4) is 16.3 Å². The Balaban J connectivity index is 1.55. The highest BCUT2D eigenvalue weighted by atomic mass is 79.9. The Morgan fingerprint density at radius 1 is 1.21 bits per heavy atom. The first-order valence-corrected chi connectivity index (χ1v) is 12.1. The average molecular weight is 545 g/mol. The molecule has 33 heavy (non-hydrogen) atoms. The standard InChI is InChI=1S/C22H21BrN6O2S2/c1-5-17-26-27-22-29(17)28-20(33-22)13-7-6-11(2)16(9-13)24-21(32)25-19(30)15-10-14(23)8-12(3)18(15)31-4/h6-10H,5H2,1-4H3,(H2,24,25,30,32). The topological polar surface area (TPSA) is 93.4 Å². The van der Waals surface area contributed by atoms with Crippen molar-refractivity contribution in [2.45, 2.75) is 27.2 Å². The zero-order valence-electron chi connectivity index (χ0n) is 18.4. The van der Waals surface area contributed by atoms with E-state index in [9.17, 15) is 4.79 Å². The predicted octanol–water partition coefficient (Wildman–Crippen LogP) is 4.93. The van der Waals surface area contributed by atoms with E-state index in [0.29, 0.717) is 11.3 Å². The van der Waals surface area contributed by atoms with Crippen LogP contribution in [0.4, 0.5) is 5.69 Å². The predicted molar refractivity (Wildman–Crippen MR) is 137 cm³/mol. The van der Waals surface area contributed by atoms with Gasteiger partial charge in [0.15, 0.2) is 10.9 Å². The van der Waals surface area contributed by atoms with Gasteiger partial charge in [-0.3, -0.25) is 10.1 Å². The Morgan fingerprint density at radius 2 is 2.00 bits per heavy atom. The number of nitrogens with one attached hydrogen (secondary N) is 2. The molecule has 170 valence electrons. The second-order valence-corrected chi connectivity index (χ2v) is 9.59. The molecule has 0 saturated heterocycles. The molecule has 2 aromatic carbocycles. The summed E-state index contributed by atoms with van der Waals surface area (Å²) < 4.78 is 7.96.